The molecule has 2 aliphatic carbocycles. The Labute approximate surface area is 153 Å². The fourth-order valence-electron chi connectivity index (χ4n) is 6.57. The van der Waals surface area contributed by atoms with E-state index in [2.05, 4.69) is 41.1 Å². The molecule has 4 heteroatoms. The third-order valence-corrected chi connectivity index (χ3v) is 7.52. The summed E-state index contributed by atoms with van der Waals surface area (Å²) in [6, 6.07) is 8.65. The lowest BCUT2D eigenvalue weighted by Crippen LogP contribution is -2.57. The predicted molar refractivity (Wildman–Crippen MR) is 100.0 cm³/mol. The highest BCUT2D eigenvalue weighted by atomic mass is 16.5. The summed E-state index contributed by atoms with van der Waals surface area (Å²) in [6.07, 6.45) is 2.94. The standard InChI is InChI=1S/C22H24N2O2/c1-3-12-18-15-10-22(21(25)26-2)19-14(13-6-4-5-7-17(13)23-19)8-9-24(20(12)22)11-16(15)18/h4-7,15-16,20,23H,3,8-11H2,1-2H3. The lowest BCUT2D eigenvalue weighted by atomic mass is 9.66. The number of esters is 1. The maximum Gasteiger partial charge on any atom is 0.319 e. The van der Waals surface area contributed by atoms with E-state index < -0.39 is 5.41 Å². The van der Waals surface area contributed by atoms with E-state index >= 15 is 0 Å². The summed E-state index contributed by atoms with van der Waals surface area (Å²) in [5.41, 5.74) is 6.23. The molecule has 2 aliphatic heterocycles. The van der Waals surface area contributed by atoms with E-state index in [0.717, 1.165) is 43.6 Å². The number of aromatic nitrogens is 1. The Morgan fingerprint density at radius 3 is 3.00 bits per heavy atom. The average molecular weight is 348 g/mol. The summed E-state index contributed by atoms with van der Waals surface area (Å²) < 4.78 is 5.48. The molecule has 4 aliphatic rings. The normalized spacial score (nSPS) is 34.5. The molecule has 26 heavy (non-hydrogen) atoms. The van der Waals surface area contributed by atoms with Crippen LogP contribution in [0.5, 0.6) is 0 Å². The number of nitrogens with one attached hydrogen (secondary N) is 1. The van der Waals surface area contributed by atoms with Crippen molar-refractivity contribution in [1.82, 2.24) is 9.88 Å². The summed E-state index contributed by atoms with van der Waals surface area (Å²) in [7, 11) is 1.55. The van der Waals surface area contributed by atoms with Gasteiger partial charge in [-0.2, -0.15) is 0 Å². The average Bonchev–Trinajstić information content (AvgIpc) is 3.32. The first-order valence-corrected chi connectivity index (χ1v) is 9.86. The monoisotopic (exact) mass is 348 g/mol. The van der Waals surface area contributed by atoms with Gasteiger partial charge in [-0.3, -0.25) is 9.69 Å². The van der Waals surface area contributed by atoms with Crippen molar-refractivity contribution in [1.29, 1.82) is 0 Å². The van der Waals surface area contributed by atoms with Gasteiger partial charge in [0.2, 0.25) is 0 Å². The molecule has 2 aromatic rings. The third-order valence-electron chi connectivity index (χ3n) is 7.52. The van der Waals surface area contributed by atoms with Gasteiger partial charge in [-0.25, -0.2) is 0 Å². The summed E-state index contributed by atoms with van der Waals surface area (Å²) in [5.74, 6) is 1.20. The first kappa shape index (κ1) is 15.0. The van der Waals surface area contributed by atoms with Gasteiger partial charge in [0.1, 0.15) is 5.41 Å². The zero-order valence-corrected chi connectivity index (χ0v) is 15.3. The highest BCUT2D eigenvalue weighted by molar-refractivity contribution is 5.92. The summed E-state index contributed by atoms with van der Waals surface area (Å²) >= 11 is 0. The number of carbonyl (C=O) groups excluding carboxylic acids is 1. The Morgan fingerprint density at radius 2 is 2.19 bits per heavy atom. The number of benzene rings is 1. The maximum atomic E-state index is 13.4. The molecule has 1 fully saturated rings. The quantitative estimate of drug-likeness (QED) is 0.670. The van der Waals surface area contributed by atoms with Crippen LogP contribution in [0.15, 0.2) is 35.4 Å². The van der Waals surface area contributed by atoms with E-state index in [9.17, 15) is 4.79 Å². The van der Waals surface area contributed by atoms with Gasteiger partial charge >= 0.3 is 5.97 Å². The lowest BCUT2D eigenvalue weighted by Gasteiger charge is -2.46. The van der Waals surface area contributed by atoms with Crippen LogP contribution in [-0.2, 0) is 21.4 Å². The molecule has 1 N–H and O–H groups in total. The second-order valence-corrected chi connectivity index (χ2v) is 8.39. The van der Waals surface area contributed by atoms with Crippen LogP contribution in [0, 0.1) is 11.8 Å². The molecule has 4 nitrogen and oxygen atoms in total. The minimum atomic E-state index is -0.579. The van der Waals surface area contributed by atoms with Gasteiger partial charge < -0.3 is 9.72 Å². The van der Waals surface area contributed by atoms with Gasteiger partial charge in [0.05, 0.1) is 13.2 Å². The molecule has 1 aromatic carbocycles. The van der Waals surface area contributed by atoms with Crippen molar-refractivity contribution in [3.05, 3.63) is 46.7 Å². The number of H-pyrrole nitrogens is 1. The SMILES string of the molecule is CCC1=C2C3CN4CCc5c([nH]c6ccccc56)C(C(=O)OC)(CC23)C14. The molecule has 0 radical (unpaired) electrons. The molecule has 134 valence electrons. The number of ether oxygens (including phenoxy) is 1. The zero-order valence-electron chi connectivity index (χ0n) is 15.3. The molecular weight excluding hydrogens is 324 g/mol. The molecule has 6 rings (SSSR count). The van der Waals surface area contributed by atoms with Crippen LogP contribution in [-0.4, -0.2) is 42.1 Å². The Kier molecular flexibility index (Phi) is 2.78. The van der Waals surface area contributed by atoms with E-state index in [1.807, 2.05) is 0 Å². The van der Waals surface area contributed by atoms with Gasteiger partial charge in [-0.15, -0.1) is 0 Å². The first-order chi connectivity index (χ1) is 12.7. The minimum Gasteiger partial charge on any atom is -0.468 e. The number of rotatable bonds is 2. The molecule has 4 unspecified atom stereocenters. The summed E-state index contributed by atoms with van der Waals surface area (Å²) in [6.45, 7) is 4.40. The number of carbonyl (C=O) groups is 1. The number of methoxy groups -OCH3 is 1. The zero-order chi connectivity index (χ0) is 17.6. The van der Waals surface area contributed by atoms with Crippen molar-refractivity contribution in [2.24, 2.45) is 11.8 Å². The summed E-state index contributed by atoms with van der Waals surface area (Å²) in [4.78, 5) is 19.7. The van der Waals surface area contributed by atoms with Crippen LogP contribution < -0.4 is 0 Å². The smallest absolute Gasteiger partial charge is 0.319 e. The molecule has 0 spiro atoms. The molecular formula is C22H24N2O2. The van der Waals surface area contributed by atoms with Crippen molar-refractivity contribution in [3.63, 3.8) is 0 Å². The van der Waals surface area contributed by atoms with Crippen molar-refractivity contribution in [2.45, 2.75) is 37.6 Å². The number of nitrogens with zero attached hydrogens (tertiary/aromatic N) is 1. The predicted octanol–water partition coefficient (Wildman–Crippen LogP) is 3.18. The molecule has 1 aromatic heterocycles. The number of fused-ring (bicyclic) bond motifs is 5. The number of hydrogen-bond donors (Lipinski definition) is 1. The van der Waals surface area contributed by atoms with Crippen molar-refractivity contribution < 1.29 is 9.53 Å². The Balaban J connectivity index is 1.69. The van der Waals surface area contributed by atoms with Crippen LogP contribution in [0.4, 0.5) is 0 Å². The lowest BCUT2D eigenvalue weighted by molar-refractivity contribution is -0.150. The van der Waals surface area contributed by atoms with Crippen LogP contribution in [0.3, 0.4) is 0 Å². The largest absolute Gasteiger partial charge is 0.468 e. The molecule has 1 saturated carbocycles. The molecule has 3 heterocycles. The number of para-hydroxylation sites is 1. The van der Waals surface area contributed by atoms with Gasteiger partial charge in [0.25, 0.3) is 0 Å². The fourth-order valence-corrected chi connectivity index (χ4v) is 6.57. The van der Waals surface area contributed by atoms with Crippen molar-refractivity contribution >= 4 is 16.9 Å². The second-order valence-electron chi connectivity index (χ2n) is 8.39. The Morgan fingerprint density at radius 1 is 1.35 bits per heavy atom. The highest BCUT2D eigenvalue weighted by Crippen LogP contribution is 2.66. The van der Waals surface area contributed by atoms with Crippen LogP contribution in [0.2, 0.25) is 0 Å². The van der Waals surface area contributed by atoms with E-state index in [4.69, 9.17) is 4.74 Å². The first-order valence-electron chi connectivity index (χ1n) is 9.86. The van der Waals surface area contributed by atoms with Gasteiger partial charge in [-0.1, -0.05) is 36.3 Å². The molecule has 4 atom stereocenters. The van der Waals surface area contributed by atoms with Gasteiger partial charge in [-0.05, 0) is 42.7 Å². The van der Waals surface area contributed by atoms with E-state index in [1.165, 1.54) is 16.5 Å². The fraction of sp³-hybridized carbons (Fsp3) is 0.500. The number of aromatic amines is 1. The molecule has 0 saturated heterocycles. The topological polar surface area (TPSA) is 45.3 Å². The number of hydrogen-bond acceptors (Lipinski definition) is 3. The summed E-state index contributed by atoms with van der Waals surface area (Å²) in [5, 5.41) is 1.27. The highest BCUT2D eigenvalue weighted by Gasteiger charge is 2.68. The third kappa shape index (κ3) is 1.54. The van der Waals surface area contributed by atoms with Crippen LogP contribution >= 0.6 is 0 Å². The van der Waals surface area contributed by atoms with Crippen molar-refractivity contribution in [2.75, 3.05) is 20.2 Å². The Hall–Kier alpha value is -2.07. The van der Waals surface area contributed by atoms with E-state index in [0.29, 0.717) is 11.8 Å². The van der Waals surface area contributed by atoms with Crippen LogP contribution in [0.1, 0.15) is 31.0 Å². The maximum absolute atomic E-state index is 13.4. The van der Waals surface area contributed by atoms with E-state index in [1.54, 1.807) is 12.7 Å². The second kappa shape index (κ2) is 4.80. The van der Waals surface area contributed by atoms with Gasteiger partial charge in [0.15, 0.2) is 0 Å². The minimum absolute atomic E-state index is 0.0558. The van der Waals surface area contributed by atoms with Gasteiger partial charge in [0, 0.05) is 29.7 Å². The Bertz CT molecular complexity index is 987. The van der Waals surface area contributed by atoms with Crippen LogP contribution in [0.25, 0.3) is 10.9 Å². The van der Waals surface area contributed by atoms with E-state index in [-0.39, 0.29) is 12.0 Å². The molecule has 0 amide bonds. The van der Waals surface area contributed by atoms with Crippen molar-refractivity contribution in [3.8, 4) is 0 Å². The molecule has 2 bridgehead atoms.